The lowest BCUT2D eigenvalue weighted by atomic mass is 9.99. The third-order valence-corrected chi connectivity index (χ3v) is 8.83. The van der Waals surface area contributed by atoms with Crippen LogP contribution in [0.15, 0.2) is 12.1 Å². The summed E-state index contributed by atoms with van der Waals surface area (Å²) in [5.41, 5.74) is 0.359. The Balaban J connectivity index is 1.39. The van der Waals surface area contributed by atoms with E-state index in [1.54, 1.807) is 4.72 Å². The summed E-state index contributed by atoms with van der Waals surface area (Å²) in [4.78, 5) is 12.1. The van der Waals surface area contributed by atoms with Crippen molar-refractivity contribution >= 4 is 26.0 Å². The van der Waals surface area contributed by atoms with Gasteiger partial charge < -0.3 is 9.47 Å². The van der Waals surface area contributed by atoms with Crippen LogP contribution in [0.4, 0.5) is 4.39 Å². The number of benzene rings is 1. The fraction of sp³-hybridized carbons (Fsp3) is 0.650. The summed E-state index contributed by atoms with van der Waals surface area (Å²) in [5, 5.41) is -0.446. The molecule has 0 unspecified atom stereocenters. The van der Waals surface area contributed by atoms with Gasteiger partial charge in [0.05, 0.1) is 31.6 Å². The molecule has 1 N–H and O–H groups in total. The van der Waals surface area contributed by atoms with E-state index in [9.17, 15) is 26.0 Å². The van der Waals surface area contributed by atoms with Crippen molar-refractivity contribution in [3.63, 3.8) is 0 Å². The molecule has 3 aliphatic rings. The summed E-state index contributed by atoms with van der Waals surface area (Å²) >= 11 is 0. The number of carbonyl (C=O) groups is 1. The fourth-order valence-electron chi connectivity index (χ4n) is 3.94. The number of halogens is 1. The van der Waals surface area contributed by atoms with Gasteiger partial charge in [0.1, 0.15) is 16.8 Å². The van der Waals surface area contributed by atoms with Crippen molar-refractivity contribution in [2.24, 2.45) is 5.92 Å². The Morgan fingerprint density at radius 3 is 2.34 bits per heavy atom. The van der Waals surface area contributed by atoms with E-state index in [1.165, 1.54) is 10.4 Å². The van der Waals surface area contributed by atoms with Gasteiger partial charge in [0.15, 0.2) is 0 Å². The molecule has 2 aliphatic heterocycles. The van der Waals surface area contributed by atoms with Gasteiger partial charge in [-0.05, 0) is 49.1 Å². The van der Waals surface area contributed by atoms with Crippen molar-refractivity contribution in [2.45, 2.75) is 36.9 Å². The predicted octanol–water partition coefficient (Wildman–Crippen LogP) is 1.21. The predicted molar refractivity (Wildman–Crippen MR) is 114 cm³/mol. The second-order valence-corrected chi connectivity index (χ2v) is 12.7. The van der Waals surface area contributed by atoms with Crippen LogP contribution in [0.5, 0.6) is 5.75 Å². The molecule has 4 rings (SSSR count). The van der Waals surface area contributed by atoms with E-state index >= 15 is 0 Å². The SMILES string of the molecule is CS(=O)(=O)NC(=O)c1cc(C2CC2)c(OCC2CCN(S(=O)(=O)C3COC3)CC2)cc1F. The Kier molecular flexibility index (Phi) is 6.49. The van der Waals surface area contributed by atoms with E-state index in [0.29, 0.717) is 43.9 Å². The minimum atomic E-state index is -3.81. The maximum atomic E-state index is 14.6. The Morgan fingerprint density at radius 1 is 1.16 bits per heavy atom. The molecule has 1 aromatic carbocycles. The quantitative estimate of drug-likeness (QED) is 0.582. The van der Waals surface area contributed by atoms with Crippen LogP contribution in [-0.2, 0) is 24.8 Å². The minimum absolute atomic E-state index is 0.127. The van der Waals surface area contributed by atoms with Crippen LogP contribution in [0, 0.1) is 11.7 Å². The molecule has 1 amide bonds. The second kappa shape index (κ2) is 8.88. The third kappa shape index (κ3) is 5.24. The molecule has 0 atom stereocenters. The number of hydrogen-bond donors (Lipinski definition) is 1. The van der Waals surface area contributed by atoms with E-state index in [-0.39, 0.29) is 30.6 Å². The van der Waals surface area contributed by atoms with Crippen LogP contribution < -0.4 is 9.46 Å². The first kappa shape index (κ1) is 23.4. The van der Waals surface area contributed by atoms with Crippen LogP contribution in [0.3, 0.4) is 0 Å². The minimum Gasteiger partial charge on any atom is -0.493 e. The lowest BCUT2D eigenvalue weighted by molar-refractivity contribution is 0.0384. The Morgan fingerprint density at radius 2 is 1.81 bits per heavy atom. The number of nitrogens with zero attached hydrogens (tertiary/aromatic N) is 1. The van der Waals surface area contributed by atoms with Gasteiger partial charge in [0.2, 0.25) is 20.0 Å². The molecule has 0 bridgehead atoms. The highest BCUT2D eigenvalue weighted by Crippen LogP contribution is 2.45. The molecular weight excluding hydrogens is 463 g/mol. The van der Waals surface area contributed by atoms with Crippen molar-refractivity contribution in [3.05, 3.63) is 29.1 Å². The first-order chi connectivity index (χ1) is 15.0. The number of rotatable bonds is 8. The van der Waals surface area contributed by atoms with Gasteiger partial charge in [-0.3, -0.25) is 4.79 Å². The second-order valence-electron chi connectivity index (χ2n) is 8.71. The van der Waals surface area contributed by atoms with Gasteiger partial charge >= 0.3 is 0 Å². The molecule has 32 heavy (non-hydrogen) atoms. The molecule has 0 aromatic heterocycles. The largest absolute Gasteiger partial charge is 0.493 e. The van der Waals surface area contributed by atoms with Crippen LogP contribution in [0.1, 0.15) is 47.5 Å². The van der Waals surface area contributed by atoms with E-state index in [1.807, 2.05) is 0 Å². The van der Waals surface area contributed by atoms with Crippen LogP contribution in [0.2, 0.25) is 0 Å². The van der Waals surface area contributed by atoms with Crippen LogP contribution in [0.25, 0.3) is 0 Å². The van der Waals surface area contributed by atoms with Gasteiger partial charge in [-0.25, -0.2) is 30.3 Å². The van der Waals surface area contributed by atoms with Gasteiger partial charge in [-0.1, -0.05) is 0 Å². The Hall–Kier alpha value is -1.76. The lowest BCUT2D eigenvalue weighted by Crippen LogP contribution is -2.51. The molecule has 2 heterocycles. The van der Waals surface area contributed by atoms with Crippen molar-refractivity contribution in [1.82, 2.24) is 9.03 Å². The maximum Gasteiger partial charge on any atom is 0.267 e. The summed E-state index contributed by atoms with van der Waals surface area (Å²) < 4.78 is 76.4. The summed E-state index contributed by atoms with van der Waals surface area (Å²) in [5.74, 6) is -1.24. The van der Waals surface area contributed by atoms with Gasteiger partial charge in [-0.2, -0.15) is 0 Å². The Labute approximate surface area is 187 Å². The van der Waals surface area contributed by atoms with Crippen molar-refractivity contribution in [2.75, 3.05) is 39.2 Å². The summed E-state index contributed by atoms with van der Waals surface area (Å²) in [6.45, 7) is 1.65. The van der Waals surface area contributed by atoms with Crippen molar-refractivity contribution in [3.8, 4) is 5.75 Å². The molecule has 9 nitrogen and oxygen atoms in total. The first-order valence-electron chi connectivity index (χ1n) is 10.6. The summed E-state index contributed by atoms with van der Waals surface area (Å²) in [6, 6.07) is 2.51. The van der Waals surface area contributed by atoms with E-state index in [0.717, 1.165) is 25.2 Å². The van der Waals surface area contributed by atoms with Gasteiger partial charge in [0, 0.05) is 19.2 Å². The zero-order valence-electron chi connectivity index (χ0n) is 17.8. The zero-order chi connectivity index (χ0) is 23.1. The van der Waals surface area contributed by atoms with Crippen molar-refractivity contribution < 1.29 is 35.5 Å². The molecule has 1 saturated carbocycles. The Bertz CT molecular complexity index is 1090. The molecule has 3 fully saturated rings. The molecular formula is C20H27FN2O7S2. The number of ether oxygens (including phenoxy) is 2. The van der Waals surface area contributed by atoms with Crippen molar-refractivity contribution in [1.29, 1.82) is 0 Å². The highest BCUT2D eigenvalue weighted by atomic mass is 32.2. The molecule has 0 radical (unpaired) electrons. The summed E-state index contributed by atoms with van der Waals surface area (Å²) in [6.07, 6.45) is 3.89. The molecule has 178 valence electrons. The van der Waals surface area contributed by atoms with E-state index in [2.05, 4.69) is 0 Å². The number of carbonyl (C=O) groups excluding carboxylic acids is 1. The fourth-order valence-corrected chi connectivity index (χ4v) is 6.07. The highest BCUT2D eigenvalue weighted by molar-refractivity contribution is 7.90. The maximum absolute atomic E-state index is 14.6. The molecule has 0 spiro atoms. The number of sulfonamides is 2. The van der Waals surface area contributed by atoms with E-state index < -0.39 is 37.0 Å². The standard InChI is InChI=1S/C20H27FN2O7S2/c1-31(25,26)22-20(24)17-8-16(14-2-3-14)19(9-18(17)21)30-10-13-4-6-23(7-5-13)32(27,28)15-11-29-12-15/h8-9,13-15H,2-7,10-12H2,1H3,(H,22,24). The molecule has 2 saturated heterocycles. The van der Waals surface area contributed by atoms with Gasteiger partial charge in [-0.15, -0.1) is 0 Å². The number of nitrogens with one attached hydrogen (secondary N) is 1. The molecule has 12 heteroatoms. The number of piperidine rings is 1. The number of amides is 1. The normalized spacial score (nSPS) is 21.2. The van der Waals surface area contributed by atoms with Gasteiger partial charge in [0.25, 0.3) is 5.91 Å². The first-order valence-corrected chi connectivity index (χ1v) is 14.0. The average molecular weight is 491 g/mol. The summed E-state index contributed by atoms with van der Waals surface area (Å²) in [7, 11) is -7.13. The lowest BCUT2D eigenvalue weighted by Gasteiger charge is -2.36. The van der Waals surface area contributed by atoms with Crippen LogP contribution in [-0.4, -0.2) is 71.5 Å². The third-order valence-electron chi connectivity index (χ3n) is 6.08. The molecule has 1 aromatic rings. The molecule has 1 aliphatic carbocycles. The topological polar surface area (TPSA) is 119 Å². The monoisotopic (exact) mass is 490 g/mol. The highest BCUT2D eigenvalue weighted by Gasteiger charge is 2.39. The zero-order valence-corrected chi connectivity index (χ0v) is 19.4. The number of hydrogen-bond acceptors (Lipinski definition) is 7. The van der Waals surface area contributed by atoms with Crippen LogP contribution >= 0.6 is 0 Å². The van der Waals surface area contributed by atoms with E-state index in [4.69, 9.17) is 9.47 Å². The average Bonchev–Trinajstić information content (AvgIpc) is 3.48. The smallest absolute Gasteiger partial charge is 0.267 e.